The van der Waals surface area contributed by atoms with Crippen LogP contribution in [0.3, 0.4) is 0 Å². The number of ether oxygens (including phenoxy) is 1. The number of aromatic nitrogens is 4. The first-order valence-corrected chi connectivity index (χ1v) is 15.1. The molecule has 5 heterocycles. The van der Waals surface area contributed by atoms with Crippen molar-refractivity contribution in [3.63, 3.8) is 0 Å². The minimum atomic E-state index is -1.72. The van der Waals surface area contributed by atoms with Crippen LogP contribution in [-0.4, -0.2) is 63.9 Å². The van der Waals surface area contributed by atoms with E-state index in [4.69, 9.17) is 4.74 Å². The van der Waals surface area contributed by atoms with Gasteiger partial charge in [-0.15, -0.1) is 0 Å². The fourth-order valence-corrected chi connectivity index (χ4v) is 6.60. The number of pyridine rings is 1. The number of carboxylic acids is 1. The van der Waals surface area contributed by atoms with Crippen molar-refractivity contribution in [2.24, 2.45) is 4.99 Å². The van der Waals surface area contributed by atoms with Crippen LogP contribution < -0.4 is 5.32 Å². The first-order valence-electron chi connectivity index (χ1n) is 11.8. The van der Waals surface area contributed by atoms with Gasteiger partial charge in [0.1, 0.15) is 18.1 Å². The molecule has 3 aromatic rings. The summed E-state index contributed by atoms with van der Waals surface area (Å²) in [6, 6.07) is 5.96. The number of rotatable bonds is 2. The maximum Gasteiger partial charge on any atom is 0.352 e. The van der Waals surface area contributed by atoms with Gasteiger partial charge in [0.2, 0.25) is 5.82 Å². The summed E-state index contributed by atoms with van der Waals surface area (Å²) in [5, 5.41) is 12.3. The highest BCUT2D eigenvalue weighted by atomic mass is 28.3. The molecule has 1 atom stereocenters. The number of nitrogens with zero attached hydrogens (tertiary/aromatic N) is 4. The molecule has 0 aliphatic carbocycles. The third kappa shape index (κ3) is 4.54. The minimum absolute atomic E-state index is 0.0628. The SMILES string of the molecule is Cc1c(-c2ccc3[nH]c(C(=O)O)cc3n2)nc2n1COCC[Si](C)(C)C1C=NC=CC(=C1)CNC2=O. The highest BCUT2D eigenvalue weighted by Crippen LogP contribution is 2.29. The lowest BCUT2D eigenvalue weighted by Crippen LogP contribution is -2.34. The molecule has 10 nitrogen and oxygen atoms in total. The zero-order chi connectivity index (χ0) is 25.4. The number of H-pyrrole nitrogens is 1. The number of aromatic carboxylic acids is 1. The maximum absolute atomic E-state index is 13.3. The fraction of sp³-hybridized carbons (Fsp3) is 0.320. The van der Waals surface area contributed by atoms with Crippen LogP contribution in [-0.2, 0) is 11.5 Å². The number of allylic oxidation sites excluding steroid dienone is 1. The summed E-state index contributed by atoms with van der Waals surface area (Å²) in [5.74, 6) is -1.12. The third-order valence-electron chi connectivity index (χ3n) is 6.85. The van der Waals surface area contributed by atoms with Gasteiger partial charge in [-0.25, -0.2) is 14.8 Å². The van der Waals surface area contributed by atoms with Gasteiger partial charge in [0.15, 0.2) is 0 Å². The van der Waals surface area contributed by atoms with Gasteiger partial charge >= 0.3 is 5.97 Å². The summed E-state index contributed by atoms with van der Waals surface area (Å²) < 4.78 is 7.83. The van der Waals surface area contributed by atoms with Gasteiger partial charge in [0, 0.05) is 36.8 Å². The molecule has 0 aromatic carbocycles. The molecule has 36 heavy (non-hydrogen) atoms. The van der Waals surface area contributed by atoms with Crippen LogP contribution >= 0.6 is 0 Å². The Morgan fingerprint density at radius 2 is 2.11 bits per heavy atom. The van der Waals surface area contributed by atoms with Crippen LogP contribution in [0, 0.1) is 6.92 Å². The standard InChI is InChI=1S/C25H28N6O4Si/c1-15-22(19-5-4-18-20(29-19)11-21(28-18)25(33)34)30-23-24(32)27-12-16-6-7-26-13-17(10-16)36(2,3)9-8-35-14-31(15)23/h4-7,10-11,13,17,28H,8-9,12,14H2,1-3H3,(H,27,32)(H,33,34). The Bertz CT molecular complexity index is 1450. The summed E-state index contributed by atoms with van der Waals surface area (Å²) in [6.07, 6.45) is 7.92. The zero-order valence-electron chi connectivity index (χ0n) is 20.4. The summed E-state index contributed by atoms with van der Waals surface area (Å²) in [5.41, 5.74) is 4.30. The van der Waals surface area contributed by atoms with Crippen molar-refractivity contribution in [3.8, 4) is 11.4 Å². The lowest BCUT2D eigenvalue weighted by molar-refractivity contribution is 0.0691. The number of amides is 1. The number of nitrogens with one attached hydrogen (secondary N) is 2. The van der Waals surface area contributed by atoms with Crippen LogP contribution in [0.5, 0.6) is 0 Å². The Morgan fingerprint density at radius 1 is 1.28 bits per heavy atom. The Kier molecular flexibility index (Phi) is 6.18. The minimum Gasteiger partial charge on any atom is -0.477 e. The van der Waals surface area contributed by atoms with Gasteiger partial charge in [-0.1, -0.05) is 19.2 Å². The second kappa shape index (κ2) is 9.32. The number of carbonyl (C=O) groups is 2. The van der Waals surface area contributed by atoms with Crippen molar-refractivity contribution in [2.75, 3.05) is 13.2 Å². The Labute approximate surface area is 208 Å². The highest BCUT2D eigenvalue weighted by molar-refractivity contribution is 6.81. The average molecular weight is 505 g/mol. The van der Waals surface area contributed by atoms with E-state index in [0.717, 1.165) is 17.3 Å². The van der Waals surface area contributed by atoms with Crippen molar-refractivity contribution in [1.29, 1.82) is 0 Å². The first kappa shape index (κ1) is 23.9. The number of hydrogen-bond acceptors (Lipinski definition) is 6. The molecular formula is C25H28N6O4Si. The quantitative estimate of drug-likeness (QED) is 0.455. The lowest BCUT2D eigenvalue weighted by atomic mass is 10.2. The molecular weight excluding hydrogens is 476 g/mol. The van der Waals surface area contributed by atoms with Gasteiger partial charge in [-0.2, -0.15) is 0 Å². The topological polar surface area (TPSA) is 134 Å². The fourth-order valence-electron chi connectivity index (χ4n) is 4.44. The molecule has 0 saturated carbocycles. The van der Waals surface area contributed by atoms with E-state index < -0.39 is 14.0 Å². The predicted molar refractivity (Wildman–Crippen MR) is 139 cm³/mol. The molecule has 0 spiro atoms. The van der Waals surface area contributed by atoms with E-state index in [-0.39, 0.29) is 29.7 Å². The normalized spacial score (nSPS) is 19.9. The van der Waals surface area contributed by atoms with Gasteiger partial charge in [-0.3, -0.25) is 14.4 Å². The summed E-state index contributed by atoms with van der Waals surface area (Å²) in [4.78, 5) is 41.1. The number of hydrogen-bond donors (Lipinski definition) is 3. The summed E-state index contributed by atoms with van der Waals surface area (Å²) in [7, 11) is -1.72. The van der Waals surface area contributed by atoms with Crippen molar-refractivity contribution in [3.05, 3.63) is 59.3 Å². The van der Waals surface area contributed by atoms with Crippen LogP contribution in [0.25, 0.3) is 22.4 Å². The first-order chi connectivity index (χ1) is 17.2. The Morgan fingerprint density at radius 3 is 2.92 bits per heavy atom. The van der Waals surface area contributed by atoms with E-state index in [2.05, 4.69) is 44.4 Å². The Balaban J connectivity index is 1.51. The van der Waals surface area contributed by atoms with E-state index >= 15 is 0 Å². The molecule has 2 aliphatic rings. The van der Waals surface area contributed by atoms with Crippen LogP contribution in [0.1, 0.15) is 26.8 Å². The van der Waals surface area contributed by atoms with Crippen molar-refractivity contribution in [1.82, 2.24) is 24.8 Å². The second-order valence-electron chi connectivity index (χ2n) is 9.75. The molecule has 2 aliphatic heterocycles. The molecule has 2 bridgehead atoms. The van der Waals surface area contributed by atoms with Crippen molar-refractivity contribution < 1.29 is 19.4 Å². The van der Waals surface area contributed by atoms with Gasteiger partial charge < -0.3 is 20.1 Å². The van der Waals surface area contributed by atoms with Crippen LogP contribution in [0.4, 0.5) is 0 Å². The molecule has 0 saturated heterocycles. The third-order valence-corrected chi connectivity index (χ3v) is 10.5. The zero-order valence-corrected chi connectivity index (χ0v) is 21.4. The molecule has 1 unspecified atom stereocenters. The maximum atomic E-state index is 13.3. The van der Waals surface area contributed by atoms with E-state index in [1.165, 1.54) is 6.07 Å². The number of carboxylic acid groups (broad SMARTS) is 1. The number of aromatic amines is 1. The summed E-state index contributed by atoms with van der Waals surface area (Å²) >= 11 is 0. The molecule has 186 valence electrons. The Hall–Kier alpha value is -3.83. The highest BCUT2D eigenvalue weighted by Gasteiger charge is 2.30. The summed E-state index contributed by atoms with van der Waals surface area (Å²) in [6.45, 7) is 7.67. The molecule has 0 radical (unpaired) electrons. The average Bonchev–Trinajstić information content (AvgIpc) is 3.31. The predicted octanol–water partition coefficient (Wildman–Crippen LogP) is 3.75. The number of aliphatic imine (C=N–C) groups is 1. The molecule has 5 rings (SSSR count). The number of fused-ring (bicyclic) bond motifs is 3. The van der Waals surface area contributed by atoms with E-state index in [1.54, 1.807) is 22.9 Å². The molecule has 3 N–H and O–H groups in total. The van der Waals surface area contributed by atoms with Gasteiger partial charge in [0.25, 0.3) is 5.91 Å². The molecule has 11 heteroatoms. The van der Waals surface area contributed by atoms with Gasteiger partial charge in [-0.05, 0) is 42.8 Å². The number of carbonyl (C=O) groups excluding carboxylic acids is 1. The van der Waals surface area contributed by atoms with Crippen molar-refractivity contribution >= 4 is 37.2 Å². The smallest absolute Gasteiger partial charge is 0.352 e. The number of imidazole rings is 1. The van der Waals surface area contributed by atoms with E-state index in [0.29, 0.717) is 35.6 Å². The largest absolute Gasteiger partial charge is 0.477 e. The van der Waals surface area contributed by atoms with Crippen molar-refractivity contribution in [2.45, 2.75) is 38.3 Å². The van der Waals surface area contributed by atoms with Gasteiger partial charge in [0.05, 0.1) is 24.8 Å². The molecule has 1 amide bonds. The monoisotopic (exact) mass is 504 g/mol. The van der Waals surface area contributed by atoms with Crippen LogP contribution in [0.15, 0.2) is 47.1 Å². The second-order valence-corrected chi connectivity index (χ2v) is 14.9. The van der Waals surface area contributed by atoms with E-state index in [9.17, 15) is 14.7 Å². The van der Waals surface area contributed by atoms with E-state index in [1.807, 2.05) is 19.2 Å². The molecule has 0 fully saturated rings. The molecule has 3 aromatic heterocycles. The van der Waals surface area contributed by atoms with Crippen LogP contribution in [0.2, 0.25) is 24.7 Å². The lowest BCUT2D eigenvalue weighted by Gasteiger charge is -2.28.